The molecule has 0 radical (unpaired) electrons. The zero-order valence-electron chi connectivity index (χ0n) is 7.20. The molecule has 1 heteroatoms. The zero-order valence-corrected chi connectivity index (χ0v) is 9.48. The molecule has 0 heterocycles. The van der Waals surface area contributed by atoms with Crippen LogP contribution in [0.2, 0.25) is 0 Å². The Balaban J connectivity index is -0.0000000167. The Morgan fingerprint density at radius 3 is 1.10 bits per heavy atom. The van der Waals surface area contributed by atoms with Gasteiger partial charge in [0.1, 0.15) is 0 Å². The molecule has 0 unspecified atom stereocenters. The van der Waals surface area contributed by atoms with Crippen LogP contribution in [0.4, 0.5) is 0 Å². The summed E-state index contributed by atoms with van der Waals surface area (Å²) >= 11 is 0. The Bertz CT molecular complexity index is 61.2. The Morgan fingerprint density at radius 2 is 1.00 bits per heavy atom. The summed E-state index contributed by atoms with van der Waals surface area (Å²) in [7, 11) is 0. The maximum absolute atomic E-state index is 2.00. The second kappa shape index (κ2) is 23.0. The monoisotopic (exact) mass is 320 g/mol. The van der Waals surface area contributed by atoms with Crippen molar-refractivity contribution in [1.82, 2.24) is 0 Å². The van der Waals surface area contributed by atoms with Gasteiger partial charge in [-0.3, -0.25) is 0 Å². The van der Waals surface area contributed by atoms with Crippen molar-refractivity contribution in [3.05, 3.63) is 60.0 Å². The van der Waals surface area contributed by atoms with Gasteiger partial charge >= 0.3 is 0 Å². The van der Waals surface area contributed by atoms with Gasteiger partial charge in [-0.25, -0.2) is 12.1 Å². The maximum Gasteiger partial charge on any atom is 0 e. The van der Waals surface area contributed by atoms with Crippen molar-refractivity contribution in [2.75, 3.05) is 0 Å². The van der Waals surface area contributed by atoms with Gasteiger partial charge in [0, 0.05) is 21.1 Å². The Kier molecular flexibility index (Phi) is 74.3. The van der Waals surface area contributed by atoms with Crippen LogP contribution >= 0.6 is 0 Å². The minimum atomic E-state index is 0. The van der Waals surface area contributed by atoms with E-state index in [0.717, 1.165) is 0 Å². The van der Waals surface area contributed by atoms with Gasteiger partial charge < -0.3 is 29.7 Å². The summed E-state index contributed by atoms with van der Waals surface area (Å²) in [6.45, 7) is 0. The molecule has 0 nitrogen and oxygen atoms in total. The molecule has 1 rings (SSSR count). The average Bonchev–Trinajstić information content (AvgIpc) is 1.76. The summed E-state index contributed by atoms with van der Waals surface area (Å²) in [6, 6.07) is 10.0. The molecule has 1 aromatic carbocycles. The summed E-state index contributed by atoms with van der Waals surface area (Å²) in [6.07, 6.45) is 0. The fourth-order valence-corrected chi connectivity index (χ4v) is 0.321. The largest absolute Gasteiger partial charge is 0.358 e. The second-order valence-corrected chi connectivity index (χ2v) is 0.962. The van der Waals surface area contributed by atoms with Crippen LogP contribution in [0.25, 0.3) is 0 Å². The third kappa shape index (κ3) is 15.7. The molecule has 10 heavy (non-hydrogen) atoms. The van der Waals surface area contributed by atoms with Crippen molar-refractivity contribution in [3.63, 3.8) is 0 Å². The summed E-state index contributed by atoms with van der Waals surface area (Å²) in [5.74, 6) is 0. The smallest absolute Gasteiger partial charge is 0 e. The molecule has 0 fully saturated rings. The molecule has 0 bridgehead atoms. The van der Waals surface area contributed by atoms with E-state index in [2.05, 4.69) is 0 Å². The van der Waals surface area contributed by atoms with E-state index in [1.165, 1.54) is 0 Å². The minimum Gasteiger partial charge on any atom is -0.358 e. The molecule has 68 valence electrons. The first-order valence-corrected chi connectivity index (χ1v) is 1.67. The molecule has 0 spiro atoms. The van der Waals surface area contributed by atoms with Crippen molar-refractivity contribution in [3.8, 4) is 0 Å². The van der Waals surface area contributed by atoms with Crippen LogP contribution in [-0.4, -0.2) is 0 Å². The Labute approximate surface area is 81.3 Å². The predicted molar refractivity (Wildman–Crippen MR) is 47.7 cm³/mol. The molecule has 0 N–H and O–H groups in total. The van der Waals surface area contributed by atoms with Crippen molar-refractivity contribution in [2.24, 2.45) is 0 Å². The summed E-state index contributed by atoms with van der Waals surface area (Å²) < 4.78 is 0. The number of rotatable bonds is 0. The van der Waals surface area contributed by atoms with E-state index < -0.39 is 0 Å². The zero-order chi connectivity index (χ0) is 3.54. The van der Waals surface area contributed by atoms with Crippen molar-refractivity contribution in [2.45, 2.75) is 0 Å². The molecule has 0 aliphatic heterocycles. The molecule has 1 aromatic rings. The van der Waals surface area contributed by atoms with Gasteiger partial charge in [-0.2, -0.15) is 18.2 Å². The van der Waals surface area contributed by atoms with Gasteiger partial charge in [-0.1, -0.05) is 0 Å². The fraction of sp³-hybridized carbons (Fsp3) is 0. The quantitative estimate of drug-likeness (QED) is 0.644. The topological polar surface area (TPSA) is 0 Å². The average molecular weight is 320 g/mol. The van der Waals surface area contributed by atoms with Gasteiger partial charge in [-0.05, 0) is 0 Å². The van der Waals surface area contributed by atoms with Crippen molar-refractivity contribution >= 4 is 0 Å². The first-order chi connectivity index (χ1) is 2.50. The standard InChI is InChI=1S/C5H5.4CH3.Pt/c1-2-4-5-3-1;;;;;/h1-5H;4*1H3;/q5*-1;. The minimum absolute atomic E-state index is 0. The molecule has 0 aliphatic rings. The number of hydrogen-bond donors (Lipinski definition) is 0. The molecule has 0 saturated carbocycles. The van der Waals surface area contributed by atoms with E-state index in [1.807, 2.05) is 30.3 Å². The van der Waals surface area contributed by atoms with Crippen LogP contribution in [0.1, 0.15) is 0 Å². The molecular formula is C9H17Pt-5. The maximum atomic E-state index is 2.00. The second-order valence-electron chi connectivity index (χ2n) is 0.962. The van der Waals surface area contributed by atoms with Gasteiger partial charge in [0.2, 0.25) is 0 Å². The summed E-state index contributed by atoms with van der Waals surface area (Å²) in [5.41, 5.74) is 0. The van der Waals surface area contributed by atoms with Crippen LogP contribution in [0.15, 0.2) is 30.3 Å². The van der Waals surface area contributed by atoms with Gasteiger partial charge in [-0.15, -0.1) is 0 Å². The van der Waals surface area contributed by atoms with E-state index in [9.17, 15) is 0 Å². The van der Waals surface area contributed by atoms with Crippen LogP contribution < -0.4 is 0 Å². The van der Waals surface area contributed by atoms with Crippen LogP contribution in [0, 0.1) is 29.7 Å². The first-order valence-electron chi connectivity index (χ1n) is 1.67. The van der Waals surface area contributed by atoms with Crippen LogP contribution in [0.3, 0.4) is 0 Å². The molecular weight excluding hydrogens is 303 g/mol. The number of hydrogen-bond acceptors (Lipinski definition) is 0. The summed E-state index contributed by atoms with van der Waals surface area (Å²) in [5, 5.41) is 0. The summed E-state index contributed by atoms with van der Waals surface area (Å²) in [4.78, 5) is 0. The molecule has 0 amide bonds. The molecule has 0 aliphatic carbocycles. The van der Waals surface area contributed by atoms with Crippen molar-refractivity contribution in [1.29, 1.82) is 0 Å². The molecule has 0 aromatic heterocycles. The third-order valence-electron chi connectivity index (χ3n) is 0.556. The SMILES string of the molecule is [CH3-].[CH3-].[CH3-].[CH3-].[Pt].c1cc[cH-]c1. The third-order valence-corrected chi connectivity index (χ3v) is 0.556. The fourth-order valence-electron chi connectivity index (χ4n) is 0.321. The van der Waals surface area contributed by atoms with E-state index >= 15 is 0 Å². The van der Waals surface area contributed by atoms with E-state index in [1.54, 1.807) is 0 Å². The molecule has 0 atom stereocenters. The molecule has 0 saturated heterocycles. The van der Waals surface area contributed by atoms with Crippen LogP contribution in [-0.2, 0) is 21.1 Å². The van der Waals surface area contributed by atoms with E-state index in [0.29, 0.717) is 0 Å². The normalized spacial score (nSPS) is 4.00. The van der Waals surface area contributed by atoms with E-state index in [4.69, 9.17) is 0 Å². The predicted octanol–water partition coefficient (Wildman–Crippen LogP) is 3.20. The van der Waals surface area contributed by atoms with Gasteiger partial charge in [0.25, 0.3) is 0 Å². The van der Waals surface area contributed by atoms with Gasteiger partial charge in [0.05, 0.1) is 0 Å². The van der Waals surface area contributed by atoms with Gasteiger partial charge in [0.15, 0.2) is 0 Å². The van der Waals surface area contributed by atoms with Crippen LogP contribution in [0.5, 0.6) is 0 Å². The Hall–Kier alpha value is 0.0383. The van der Waals surface area contributed by atoms with E-state index in [-0.39, 0.29) is 50.8 Å². The Morgan fingerprint density at radius 1 is 0.700 bits per heavy atom. The first kappa shape index (κ1) is 32.3. The van der Waals surface area contributed by atoms with Crippen molar-refractivity contribution < 1.29 is 21.1 Å².